The van der Waals surface area contributed by atoms with Crippen molar-refractivity contribution in [3.8, 4) is 5.75 Å². The minimum absolute atomic E-state index is 0.279. The zero-order chi connectivity index (χ0) is 16.2. The number of benzene rings is 2. The van der Waals surface area contributed by atoms with E-state index >= 15 is 0 Å². The van der Waals surface area contributed by atoms with Crippen molar-refractivity contribution in [3.63, 3.8) is 0 Å². The second-order valence-electron chi connectivity index (χ2n) is 5.12. The van der Waals surface area contributed by atoms with Gasteiger partial charge in [0.25, 0.3) is 5.91 Å². The zero-order valence-electron chi connectivity index (χ0n) is 13.2. The van der Waals surface area contributed by atoms with Gasteiger partial charge in [-0.25, -0.2) is 0 Å². The Morgan fingerprint density at radius 2 is 1.91 bits per heavy atom. The van der Waals surface area contributed by atoms with Gasteiger partial charge in [0.05, 0.1) is 22.9 Å². The Morgan fingerprint density at radius 3 is 2.70 bits per heavy atom. The van der Waals surface area contributed by atoms with Crippen molar-refractivity contribution in [3.05, 3.63) is 58.9 Å². The summed E-state index contributed by atoms with van der Waals surface area (Å²) in [7, 11) is 1.56. The molecule has 5 heteroatoms. The fourth-order valence-electron chi connectivity index (χ4n) is 2.51. The van der Waals surface area contributed by atoms with Crippen LogP contribution in [0.4, 0.5) is 0 Å². The summed E-state index contributed by atoms with van der Waals surface area (Å²) in [5.74, 6) is 0.267. The smallest absolute Gasteiger partial charge is 0.283 e. The number of hydrogen-bond acceptors (Lipinski definition) is 3. The summed E-state index contributed by atoms with van der Waals surface area (Å²) in [5.41, 5.74) is 1.60. The number of aryl methyl sites for hydroxylation is 1. The van der Waals surface area contributed by atoms with Crippen LogP contribution in [-0.2, 0) is 6.54 Å². The highest BCUT2D eigenvalue weighted by molar-refractivity contribution is 7.16. The number of fused-ring (bicyclic) bond motifs is 1. The maximum Gasteiger partial charge on any atom is 0.283 e. The number of para-hydroxylation sites is 2. The average molecular weight is 326 g/mol. The second kappa shape index (κ2) is 6.79. The van der Waals surface area contributed by atoms with Crippen LogP contribution in [-0.4, -0.2) is 17.6 Å². The van der Waals surface area contributed by atoms with E-state index in [1.807, 2.05) is 24.3 Å². The summed E-state index contributed by atoms with van der Waals surface area (Å²) in [6, 6.07) is 15.3. The van der Waals surface area contributed by atoms with Crippen LogP contribution in [0.2, 0.25) is 0 Å². The molecule has 0 N–H and O–H groups in total. The van der Waals surface area contributed by atoms with Gasteiger partial charge in [-0.15, -0.1) is 0 Å². The van der Waals surface area contributed by atoms with Crippen molar-refractivity contribution in [2.75, 3.05) is 7.11 Å². The number of methoxy groups -OCH3 is 1. The van der Waals surface area contributed by atoms with E-state index in [-0.39, 0.29) is 5.91 Å². The highest BCUT2D eigenvalue weighted by Crippen LogP contribution is 2.20. The van der Waals surface area contributed by atoms with Crippen molar-refractivity contribution < 1.29 is 9.53 Å². The molecule has 0 atom stereocenters. The number of hydrogen-bond donors (Lipinski definition) is 0. The third-order valence-corrected chi connectivity index (χ3v) is 4.63. The lowest BCUT2D eigenvalue weighted by Crippen LogP contribution is -2.17. The third kappa shape index (κ3) is 3.05. The minimum atomic E-state index is -0.279. The molecule has 0 saturated heterocycles. The van der Waals surface area contributed by atoms with Gasteiger partial charge in [-0.2, -0.15) is 4.99 Å². The van der Waals surface area contributed by atoms with Gasteiger partial charge in [-0.05, 0) is 30.7 Å². The van der Waals surface area contributed by atoms with E-state index in [2.05, 4.69) is 28.6 Å². The Hall–Kier alpha value is -2.40. The van der Waals surface area contributed by atoms with Crippen molar-refractivity contribution in [1.82, 2.24) is 4.57 Å². The molecule has 3 rings (SSSR count). The summed E-state index contributed by atoms with van der Waals surface area (Å²) in [6.07, 6.45) is 0.983. The normalized spacial score (nSPS) is 11.8. The first-order valence-electron chi connectivity index (χ1n) is 7.55. The highest BCUT2D eigenvalue weighted by Gasteiger charge is 2.12. The molecule has 0 bridgehead atoms. The lowest BCUT2D eigenvalue weighted by molar-refractivity contribution is 0.0995. The van der Waals surface area contributed by atoms with E-state index < -0.39 is 0 Å². The number of thiazole rings is 1. The van der Waals surface area contributed by atoms with E-state index in [1.54, 1.807) is 19.2 Å². The Kier molecular flexibility index (Phi) is 4.57. The van der Waals surface area contributed by atoms with Crippen LogP contribution in [0.5, 0.6) is 5.75 Å². The lowest BCUT2D eigenvalue weighted by Gasteiger charge is -2.04. The largest absolute Gasteiger partial charge is 0.496 e. The van der Waals surface area contributed by atoms with Crippen molar-refractivity contribution in [2.45, 2.75) is 19.9 Å². The number of carbonyl (C=O) groups is 1. The quantitative estimate of drug-likeness (QED) is 0.730. The molecule has 1 amide bonds. The Morgan fingerprint density at radius 1 is 1.17 bits per heavy atom. The van der Waals surface area contributed by atoms with Gasteiger partial charge in [-0.1, -0.05) is 42.5 Å². The average Bonchev–Trinajstić information content (AvgIpc) is 2.92. The zero-order valence-corrected chi connectivity index (χ0v) is 14.0. The van der Waals surface area contributed by atoms with Gasteiger partial charge >= 0.3 is 0 Å². The minimum Gasteiger partial charge on any atom is -0.496 e. The molecule has 0 aliphatic heterocycles. The molecule has 1 aromatic heterocycles. The number of nitrogens with zero attached hydrogens (tertiary/aromatic N) is 2. The van der Waals surface area contributed by atoms with Gasteiger partial charge in [0, 0.05) is 6.54 Å². The first-order chi connectivity index (χ1) is 11.2. The molecule has 0 fully saturated rings. The topological polar surface area (TPSA) is 43.6 Å². The van der Waals surface area contributed by atoms with Crippen molar-refractivity contribution >= 4 is 27.5 Å². The van der Waals surface area contributed by atoms with Crippen LogP contribution in [0.25, 0.3) is 10.2 Å². The summed E-state index contributed by atoms with van der Waals surface area (Å²) >= 11 is 1.53. The van der Waals surface area contributed by atoms with Crippen LogP contribution in [0.15, 0.2) is 53.5 Å². The van der Waals surface area contributed by atoms with Gasteiger partial charge in [0.15, 0.2) is 4.80 Å². The molecule has 1 heterocycles. The molecule has 118 valence electrons. The van der Waals surface area contributed by atoms with Gasteiger partial charge in [0.1, 0.15) is 5.75 Å². The molecular formula is C18H18N2O2S. The highest BCUT2D eigenvalue weighted by atomic mass is 32.1. The van der Waals surface area contributed by atoms with E-state index in [9.17, 15) is 4.79 Å². The molecule has 4 nitrogen and oxygen atoms in total. The Bertz CT molecular complexity index is 909. The number of amides is 1. The molecule has 0 radical (unpaired) electrons. The molecule has 0 saturated carbocycles. The van der Waals surface area contributed by atoms with Crippen molar-refractivity contribution in [1.29, 1.82) is 0 Å². The maximum absolute atomic E-state index is 12.6. The number of carbonyl (C=O) groups excluding carboxylic acids is 1. The van der Waals surface area contributed by atoms with Crippen LogP contribution in [0, 0.1) is 0 Å². The number of aromatic nitrogens is 1. The van der Waals surface area contributed by atoms with Crippen molar-refractivity contribution in [2.24, 2.45) is 4.99 Å². The predicted octanol–water partition coefficient (Wildman–Crippen LogP) is 3.86. The molecule has 0 aliphatic carbocycles. The standard InChI is InChI=1S/C18H18N2O2S/c1-3-12-20-14-9-5-7-11-16(14)23-18(20)19-17(21)13-8-4-6-10-15(13)22-2/h4-11H,3,12H2,1-2H3. The fourth-order valence-corrected chi connectivity index (χ4v) is 3.57. The monoisotopic (exact) mass is 326 g/mol. The summed E-state index contributed by atoms with van der Waals surface area (Å²) < 4.78 is 8.49. The van der Waals surface area contributed by atoms with Crippen LogP contribution in [0.3, 0.4) is 0 Å². The summed E-state index contributed by atoms with van der Waals surface area (Å²) in [4.78, 5) is 17.7. The van der Waals surface area contributed by atoms with E-state index in [0.717, 1.165) is 28.0 Å². The van der Waals surface area contributed by atoms with Crippen LogP contribution in [0.1, 0.15) is 23.7 Å². The Labute approximate surface area is 138 Å². The number of ether oxygens (including phenoxy) is 1. The molecule has 2 aromatic carbocycles. The SMILES string of the molecule is CCCn1c(=NC(=O)c2ccccc2OC)sc2ccccc21. The summed E-state index contributed by atoms with van der Waals surface area (Å²) in [6.45, 7) is 2.95. The van der Waals surface area contributed by atoms with Crippen LogP contribution >= 0.6 is 11.3 Å². The molecule has 0 spiro atoms. The first kappa shape index (κ1) is 15.5. The second-order valence-corrected chi connectivity index (χ2v) is 6.13. The molecule has 0 unspecified atom stereocenters. The van der Waals surface area contributed by atoms with E-state index in [0.29, 0.717) is 11.3 Å². The fraction of sp³-hybridized carbons (Fsp3) is 0.222. The van der Waals surface area contributed by atoms with E-state index in [1.165, 1.54) is 11.3 Å². The predicted molar refractivity (Wildman–Crippen MR) is 93.0 cm³/mol. The molecule has 23 heavy (non-hydrogen) atoms. The first-order valence-corrected chi connectivity index (χ1v) is 8.36. The van der Waals surface area contributed by atoms with Gasteiger partial charge in [0.2, 0.25) is 0 Å². The third-order valence-electron chi connectivity index (χ3n) is 3.57. The van der Waals surface area contributed by atoms with Gasteiger partial charge in [-0.3, -0.25) is 4.79 Å². The van der Waals surface area contributed by atoms with Crippen LogP contribution < -0.4 is 9.54 Å². The molecule has 3 aromatic rings. The molecular weight excluding hydrogens is 308 g/mol. The summed E-state index contributed by atoms with van der Waals surface area (Å²) in [5, 5.41) is 0. The maximum atomic E-state index is 12.6. The lowest BCUT2D eigenvalue weighted by atomic mass is 10.2. The van der Waals surface area contributed by atoms with Gasteiger partial charge < -0.3 is 9.30 Å². The Balaban J connectivity index is 2.13. The molecule has 0 aliphatic rings. The number of rotatable bonds is 4. The van der Waals surface area contributed by atoms with E-state index in [4.69, 9.17) is 4.74 Å².